The number of carbonyl (C=O) groups is 1. The fourth-order valence-corrected chi connectivity index (χ4v) is 4.76. The van der Waals surface area contributed by atoms with Gasteiger partial charge in [-0.25, -0.2) is 0 Å². The first-order valence-electron chi connectivity index (χ1n) is 4.46. The minimum absolute atomic E-state index is 0.135. The lowest BCUT2D eigenvalue weighted by molar-refractivity contribution is -0.124. The molecule has 0 radical (unpaired) electrons. The van der Waals surface area contributed by atoms with Gasteiger partial charge in [0.2, 0.25) is 0 Å². The van der Waals surface area contributed by atoms with Crippen LogP contribution in [0.15, 0.2) is 0 Å². The minimum atomic E-state index is -0.941. The molecule has 13 heavy (non-hydrogen) atoms. The molecule has 0 unspecified atom stereocenters. The summed E-state index contributed by atoms with van der Waals surface area (Å²) in [6.45, 7) is 5.67. The Morgan fingerprint density at radius 2 is 2.08 bits per heavy atom. The van der Waals surface area contributed by atoms with Crippen molar-refractivity contribution < 1.29 is 9.00 Å². The maximum Gasteiger partial charge on any atom is 0.163 e. The van der Waals surface area contributed by atoms with Crippen molar-refractivity contribution in [1.82, 2.24) is 0 Å². The van der Waals surface area contributed by atoms with Crippen molar-refractivity contribution in [3.63, 3.8) is 0 Å². The van der Waals surface area contributed by atoms with E-state index in [0.717, 1.165) is 12.2 Å². The third-order valence-corrected chi connectivity index (χ3v) is 5.43. The van der Waals surface area contributed by atoms with E-state index in [1.807, 2.05) is 20.8 Å². The van der Waals surface area contributed by atoms with Crippen molar-refractivity contribution in [2.24, 2.45) is 5.41 Å². The van der Waals surface area contributed by atoms with E-state index in [1.165, 1.54) is 0 Å². The lowest BCUT2D eigenvalue weighted by atomic mass is 9.92. The Morgan fingerprint density at radius 1 is 1.46 bits per heavy atom. The highest BCUT2D eigenvalue weighted by atomic mass is 32.2. The summed E-state index contributed by atoms with van der Waals surface area (Å²) in [7, 11) is -0.941. The molecule has 0 aromatic rings. The highest BCUT2D eigenvalue weighted by molar-refractivity contribution is 8.12. The standard InChI is InChI=1S/C9H16O2S2/c1-9(2,3)7(10)8-12-5-4-6-13(8)11/h8H,4-6H2,1-3H3/t8-,13+/m1/s1. The summed E-state index contributed by atoms with van der Waals surface area (Å²) in [6, 6.07) is 0. The van der Waals surface area contributed by atoms with E-state index in [9.17, 15) is 9.00 Å². The third-order valence-electron chi connectivity index (χ3n) is 1.95. The number of hydrogen-bond donors (Lipinski definition) is 0. The summed E-state index contributed by atoms with van der Waals surface area (Å²) in [4.78, 5) is 11.8. The highest BCUT2D eigenvalue weighted by Gasteiger charge is 2.35. The van der Waals surface area contributed by atoms with Crippen LogP contribution in [0.3, 0.4) is 0 Å². The van der Waals surface area contributed by atoms with Crippen molar-refractivity contribution in [2.75, 3.05) is 11.5 Å². The molecular formula is C9H16O2S2. The Balaban J connectivity index is 2.70. The third kappa shape index (κ3) is 2.81. The van der Waals surface area contributed by atoms with E-state index in [1.54, 1.807) is 11.8 Å². The van der Waals surface area contributed by atoms with E-state index >= 15 is 0 Å². The molecule has 76 valence electrons. The van der Waals surface area contributed by atoms with Gasteiger partial charge in [-0.1, -0.05) is 20.8 Å². The molecule has 1 rings (SSSR count). The van der Waals surface area contributed by atoms with Crippen LogP contribution in [0, 0.1) is 5.41 Å². The van der Waals surface area contributed by atoms with E-state index in [4.69, 9.17) is 0 Å². The zero-order valence-corrected chi connectivity index (χ0v) is 9.96. The second-order valence-corrected chi connectivity index (χ2v) is 7.41. The lowest BCUT2D eigenvalue weighted by Crippen LogP contribution is -2.36. The summed E-state index contributed by atoms with van der Waals surface area (Å²) in [5.41, 5.74) is -0.356. The summed E-state index contributed by atoms with van der Waals surface area (Å²) in [5.74, 6) is 1.80. The molecule has 0 amide bonds. The van der Waals surface area contributed by atoms with Gasteiger partial charge in [-0.2, -0.15) is 0 Å². The topological polar surface area (TPSA) is 34.1 Å². The van der Waals surface area contributed by atoms with Crippen LogP contribution >= 0.6 is 11.8 Å². The Bertz CT molecular complexity index is 230. The number of Topliss-reactive ketones (excluding diaryl/α,β-unsaturated/α-hetero) is 1. The van der Waals surface area contributed by atoms with Crippen LogP contribution in [0.1, 0.15) is 27.2 Å². The van der Waals surface area contributed by atoms with Crippen molar-refractivity contribution in [3.8, 4) is 0 Å². The van der Waals surface area contributed by atoms with Crippen molar-refractivity contribution in [2.45, 2.75) is 31.8 Å². The number of carbonyl (C=O) groups excluding carboxylic acids is 1. The largest absolute Gasteiger partial charge is 0.297 e. The molecule has 0 aliphatic carbocycles. The van der Waals surface area contributed by atoms with Gasteiger partial charge in [-0.15, -0.1) is 11.8 Å². The summed E-state index contributed by atoms with van der Waals surface area (Å²) < 4.78 is 11.3. The molecule has 0 aromatic heterocycles. The monoisotopic (exact) mass is 220 g/mol. The van der Waals surface area contributed by atoms with Gasteiger partial charge in [0.05, 0.1) is 0 Å². The number of hydrogen-bond acceptors (Lipinski definition) is 3. The highest BCUT2D eigenvalue weighted by Crippen LogP contribution is 2.29. The van der Waals surface area contributed by atoms with Crippen LogP contribution in [0.2, 0.25) is 0 Å². The molecule has 0 bridgehead atoms. The van der Waals surface area contributed by atoms with Gasteiger partial charge in [-0.3, -0.25) is 9.00 Å². The van der Waals surface area contributed by atoms with Crippen LogP contribution in [0.5, 0.6) is 0 Å². The zero-order chi connectivity index (χ0) is 10.1. The summed E-state index contributed by atoms with van der Waals surface area (Å²) in [5, 5.41) is 0. The Labute approximate surface area is 86.3 Å². The molecule has 0 saturated carbocycles. The van der Waals surface area contributed by atoms with Gasteiger partial charge in [-0.05, 0) is 12.2 Å². The van der Waals surface area contributed by atoms with Gasteiger partial charge in [0, 0.05) is 22.0 Å². The van der Waals surface area contributed by atoms with Crippen molar-refractivity contribution >= 4 is 28.3 Å². The second kappa shape index (κ2) is 4.13. The number of thioether (sulfide) groups is 1. The second-order valence-electron chi connectivity index (χ2n) is 4.26. The molecule has 0 aromatic carbocycles. The predicted molar refractivity (Wildman–Crippen MR) is 58.3 cm³/mol. The number of ketones is 1. The molecule has 1 fully saturated rings. The van der Waals surface area contributed by atoms with Crippen LogP contribution in [-0.4, -0.2) is 26.1 Å². The Morgan fingerprint density at radius 3 is 2.54 bits per heavy atom. The lowest BCUT2D eigenvalue weighted by Gasteiger charge is -2.26. The van der Waals surface area contributed by atoms with Crippen LogP contribution in [0.25, 0.3) is 0 Å². The molecule has 1 heterocycles. The van der Waals surface area contributed by atoms with Crippen molar-refractivity contribution in [3.05, 3.63) is 0 Å². The molecule has 4 heteroatoms. The minimum Gasteiger partial charge on any atom is -0.297 e. The van der Waals surface area contributed by atoms with Crippen molar-refractivity contribution in [1.29, 1.82) is 0 Å². The molecule has 2 nitrogen and oxygen atoms in total. The fourth-order valence-electron chi connectivity index (χ4n) is 1.12. The van der Waals surface area contributed by atoms with E-state index in [0.29, 0.717) is 5.75 Å². The average molecular weight is 220 g/mol. The predicted octanol–water partition coefficient (Wildman–Crippen LogP) is 1.81. The Kier molecular flexibility index (Phi) is 3.57. The summed E-state index contributed by atoms with van der Waals surface area (Å²) in [6.07, 6.45) is 0.977. The zero-order valence-electron chi connectivity index (χ0n) is 8.33. The molecule has 2 atom stereocenters. The first-order valence-corrected chi connectivity index (χ1v) is 6.89. The first-order chi connectivity index (χ1) is 5.93. The molecular weight excluding hydrogens is 204 g/mol. The Hall–Kier alpha value is 0.170. The summed E-state index contributed by atoms with van der Waals surface area (Å²) >= 11 is 1.56. The van der Waals surface area contributed by atoms with Crippen LogP contribution < -0.4 is 0 Å². The molecule has 1 saturated heterocycles. The number of rotatable bonds is 1. The van der Waals surface area contributed by atoms with E-state index in [-0.39, 0.29) is 15.8 Å². The van der Waals surface area contributed by atoms with E-state index < -0.39 is 10.8 Å². The smallest absolute Gasteiger partial charge is 0.163 e. The van der Waals surface area contributed by atoms with Crippen LogP contribution in [-0.2, 0) is 15.6 Å². The van der Waals surface area contributed by atoms with E-state index in [2.05, 4.69) is 0 Å². The molecule has 1 aliphatic rings. The molecule has 0 N–H and O–H groups in total. The normalized spacial score (nSPS) is 30.1. The maximum atomic E-state index is 11.8. The maximum absolute atomic E-state index is 11.8. The fraction of sp³-hybridized carbons (Fsp3) is 0.889. The van der Waals surface area contributed by atoms with Crippen LogP contribution in [0.4, 0.5) is 0 Å². The van der Waals surface area contributed by atoms with Gasteiger partial charge in [0.15, 0.2) is 5.78 Å². The van der Waals surface area contributed by atoms with Gasteiger partial charge < -0.3 is 0 Å². The first kappa shape index (κ1) is 11.2. The molecule has 0 spiro atoms. The average Bonchev–Trinajstić information content (AvgIpc) is 2.02. The van der Waals surface area contributed by atoms with Gasteiger partial charge in [0.25, 0.3) is 0 Å². The molecule has 1 aliphatic heterocycles. The quantitative estimate of drug-likeness (QED) is 0.676. The van der Waals surface area contributed by atoms with Gasteiger partial charge in [0.1, 0.15) is 4.58 Å². The SMILES string of the molecule is CC(C)(C)C(=O)[C@@H]1SCCC[S@@]1=O. The van der Waals surface area contributed by atoms with Gasteiger partial charge >= 0.3 is 0 Å².